The standard InChI is InChI=1S/C31H33N3O3/c1-22-8-12-26(13-9-22)31(27-14-10-23(2)11-15-27)29(36)34(30(37)32-31)21-28(35)33-18-16-25(17-19-33)20-24-6-4-3-5-7-24/h3-15,25H,16-21H2,1-2H3,(H,32,37). The number of imide groups is 1. The van der Waals surface area contributed by atoms with Gasteiger partial charge in [-0.05, 0) is 55.7 Å². The zero-order chi connectivity index (χ0) is 26.0. The summed E-state index contributed by atoms with van der Waals surface area (Å²) in [5.41, 5.74) is 3.43. The Morgan fingerprint density at radius 1 is 0.838 bits per heavy atom. The van der Waals surface area contributed by atoms with Gasteiger partial charge in [0, 0.05) is 13.1 Å². The summed E-state index contributed by atoms with van der Waals surface area (Å²) in [6.07, 6.45) is 2.83. The highest BCUT2D eigenvalue weighted by atomic mass is 16.2. The summed E-state index contributed by atoms with van der Waals surface area (Å²) < 4.78 is 0. The van der Waals surface area contributed by atoms with Gasteiger partial charge in [0.2, 0.25) is 5.91 Å². The lowest BCUT2D eigenvalue weighted by Crippen LogP contribution is -2.47. The topological polar surface area (TPSA) is 69.7 Å². The van der Waals surface area contributed by atoms with Gasteiger partial charge < -0.3 is 10.2 Å². The minimum atomic E-state index is -1.36. The summed E-state index contributed by atoms with van der Waals surface area (Å²) in [5, 5.41) is 2.95. The van der Waals surface area contributed by atoms with Crippen molar-refractivity contribution in [3.05, 3.63) is 107 Å². The van der Waals surface area contributed by atoms with Gasteiger partial charge in [-0.1, -0.05) is 90.0 Å². The van der Waals surface area contributed by atoms with Crippen molar-refractivity contribution in [2.45, 2.75) is 38.6 Å². The van der Waals surface area contributed by atoms with Crippen LogP contribution >= 0.6 is 0 Å². The van der Waals surface area contributed by atoms with Gasteiger partial charge in [-0.2, -0.15) is 0 Å². The molecule has 1 N–H and O–H groups in total. The van der Waals surface area contributed by atoms with Crippen molar-refractivity contribution < 1.29 is 14.4 Å². The predicted molar refractivity (Wildman–Crippen MR) is 143 cm³/mol. The molecule has 6 heteroatoms. The Balaban J connectivity index is 1.32. The van der Waals surface area contributed by atoms with Crippen molar-refractivity contribution in [2.75, 3.05) is 19.6 Å². The Morgan fingerprint density at radius 3 is 1.92 bits per heavy atom. The summed E-state index contributed by atoms with van der Waals surface area (Å²) in [6.45, 7) is 4.98. The van der Waals surface area contributed by atoms with Crippen molar-refractivity contribution in [3.8, 4) is 0 Å². The van der Waals surface area contributed by atoms with Crippen molar-refractivity contribution in [2.24, 2.45) is 5.92 Å². The number of hydrogen-bond donors (Lipinski definition) is 1. The third-order valence-electron chi connectivity index (χ3n) is 7.70. The summed E-state index contributed by atoms with van der Waals surface area (Å²) in [4.78, 5) is 43.2. The van der Waals surface area contributed by atoms with E-state index in [-0.39, 0.29) is 12.5 Å². The number of carbonyl (C=O) groups is 3. The Kier molecular flexibility index (Phi) is 6.83. The Hall–Kier alpha value is -3.93. The van der Waals surface area contributed by atoms with Gasteiger partial charge in [-0.15, -0.1) is 0 Å². The van der Waals surface area contributed by atoms with Crippen LogP contribution in [0, 0.1) is 19.8 Å². The summed E-state index contributed by atoms with van der Waals surface area (Å²) >= 11 is 0. The SMILES string of the molecule is Cc1ccc(C2(c3ccc(C)cc3)NC(=O)N(CC(=O)N3CCC(Cc4ccccc4)CC3)C2=O)cc1. The van der Waals surface area contributed by atoms with Gasteiger partial charge in [0.15, 0.2) is 5.54 Å². The maximum atomic E-state index is 14.0. The second-order valence-corrected chi connectivity index (χ2v) is 10.3. The first-order valence-electron chi connectivity index (χ1n) is 13.0. The number of rotatable bonds is 6. The maximum absolute atomic E-state index is 14.0. The highest BCUT2D eigenvalue weighted by Gasteiger charge is 2.54. The zero-order valence-corrected chi connectivity index (χ0v) is 21.4. The fraction of sp³-hybridized carbons (Fsp3) is 0.323. The summed E-state index contributed by atoms with van der Waals surface area (Å²) in [5.74, 6) is -0.0818. The molecule has 3 aromatic carbocycles. The number of hydrogen-bond acceptors (Lipinski definition) is 3. The van der Waals surface area contributed by atoms with E-state index in [4.69, 9.17) is 0 Å². The molecule has 2 heterocycles. The van der Waals surface area contributed by atoms with Gasteiger partial charge in [-0.25, -0.2) is 4.79 Å². The molecule has 5 rings (SSSR count). The number of nitrogens with zero attached hydrogens (tertiary/aromatic N) is 2. The van der Waals surface area contributed by atoms with Crippen LogP contribution in [-0.4, -0.2) is 47.3 Å². The molecular weight excluding hydrogens is 462 g/mol. The smallest absolute Gasteiger partial charge is 0.326 e. The third kappa shape index (κ3) is 4.88. The van der Waals surface area contributed by atoms with Crippen molar-refractivity contribution in [1.29, 1.82) is 0 Å². The number of amides is 4. The number of carbonyl (C=O) groups excluding carboxylic acids is 3. The Morgan fingerprint density at radius 2 is 1.38 bits per heavy atom. The number of urea groups is 1. The summed E-state index contributed by atoms with van der Waals surface area (Å²) in [7, 11) is 0. The molecule has 190 valence electrons. The van der Waals surface area contributed by atoms with Crippen molar-refractivity contribution >= 4 is 17.8 Å². The van der Waals surface area contributed by atoms with Crippen LogP contribution < -0.4 is 5.32 Å². The van der Waals surface area contributed by atoms with E-state index in [9.17, 15) is 14.4 Å². The van der Waals surface area contributed by atoms with E-state index >= 15 is 0 Å². The molecule has 0 aliphatic carbocycles. The minimum Gasteiger partial charge on any atom is -0.341 e. The largest absolute Gasteiger partial charge is 0.341 e. The Bertz CT molecular complexity index is 1230. The fourth-order valence-electron chi connectivity index (χ4n) is 5.45. The summed E-state index contributed by atoms with van der Waals surface area (Å²) in [6, 6.07) is 25.1. The molecule has 0 spiro atoms. The molecule has 2 fully saturated rings. The molecule has 0 unspecified atom stereocenters. The molecule has 3 aromatic rings. The number of piperidine rings is 1. The Labute approximate surface area is 218 Å². The van der Waals surface area contributed by atoms with Crippen LogP contribution in [0.4, 0.5) is 4.79 Å². The van der Waals surface area contributed by atoms with Crippen LogP contribution in [0.5, 0.6) is 0 Å². The van der Waals surface area contributed by atoms with Crippen LogP contribution in [0.3, 0.4) is 0 Å². The van der Waals surface area contributed by atoms with Gasteiger partial charge in [0.05, 0.1) is 0 Å². The molecule has 2 saturated heterocycles. The van der Waals surface area contributed by atoms with E-state index in [0.29, 0.717) is 30.1 Å². The van der Waals surface area contributed by atoms with Crippen LogP contribution in [0.25, 0.3) is 0 Å². The number of benzene rings is 3. The second kappa shape index (κ2) is 10.2. The lowest BCUT2D eigenvalue weighted by Gasteiger charge is -2.33. The van der Waals surface area contributed by atoms with Crippen molar-refractivity contribution in [3.63, 3.8) is 0 Å². The predicted octanol–water partition coefficient (Wildman–Crippen LogP) is 4.58. The first kappa shape index (κ1) is 24.8. The van der Waals surface area contributed by atoms with Crippen molar-refractivity contribution in [1.82, 2.24) is 15.1 Å². The van der Waals surface area contributed by atoms with E-state index in [2.05, 4.69) is 29.6 Å². The third-order valence-corrected chi connectivity index (χ3v) is 7.70. The van der Waals surface area contributed by atoms with Crippen LogP contribution in [0.2, 0.25) is 0 Å². The lowest BCUT2D eigenvalue weighted by atomic mass is 9.82. The van der Waals surface area contributed by atoms with Gasteiger partial charge >= 0.3 is 6.03 Å². The molecule has 2 aliphatic heterocycles. The molecular formula is C31H33N3O3. The van der Waals surface area contributed by atoms with Crippen LogP contribution in [0.1, 0.15) is 40.7 Å². The van der Waals surface area contributed by atoms with E-state index in [1.807, 2.05) is 68.4 Å². The van der Waals surface area contributed by atoms with E-state index in [0.717, 1.165) is 35.3 Å². The molecule has 4 amide bonds. The van der Waals surface area contributed by atoms with Gasteiger partial charge in [-0.3, -0.25) is 14.5 Å². The normalized spacial score (nSPS) is 17.7. The van der Waals surface area contributed by atoms with Gasteiger partial charge in [0.1, 0.15) is 6.54 Å². The van der Waals surface area contributed by atoms with Crippen LogP contribution in [0.15, 0.2) is 78.9 Å². The monoisotopic (exact) mass is 495 g/mol. The quantitative estimate of drug-likeness (QED) is 0.509. The number of aryl methyl sites for hydroxylation is 2. The highest BCUT2D eigenvalue weighted by molar-refractivity contribution is 6.11. The van der Waals surface area contributed by atoms with Gasteiger partial charge in [0.25, 0.3) is 5.91 Å². The molecule has 6 nitrogen and oxygen atoms in total. The molecule has 0 radical (unpaired) electrons. The van der Waals surface area contributed by atoms with Crippen LogP contribution in [-0.2, 0) is 21.5 Å². The van der Waals surface area contributed by atoms with E-state index in [1.54, 1.807) is 4.90 Å². The highest BCUT2D eigenvalue weighted by Crippen LogP contribution is 2.36. The molecule has 37 heavy (non-hydrogen) atoms. The van der Waals surface area contributed by atoms with E-state index < -0.39 is 17.5 Å². The number of likely N-dealkylation sites (tertiary alicyclic amines) is 1. The second-order valence-electron chi connectivity index (χ2n) is 10.3. The average Bonchev–Trinajstić information content (AvgIpc) is 3.16. The maximum Gasteiger partial charge on any atom is 0.326 e. The van der Waals surface area contributed by atoms with E-state index in [1.165, 1.54) is 5.56 Å². The number of nitrogens with one attached hydrogen (secondary N) is 1. The lowest BCUT2D eigenvalue weighted by molar-refractivity contribution is -0.139. The minimum absolute atomic E-state index is 0.190. The molecule has 2 aliphatic rings. The molecule has 0 bridgehead atoms. The fourth-order valence-corrected chi connectivity index (χ4v) is 5.45. The first-order valence-corrected chi connectivity index (χ1v) is 13.0. The zero-order valence-electron chi connectivity index (χ0n) is 21.4. The first-order chi connectivity index (χ1) is 17.9. The molecule has 0 saturated carbocycles. The average molecular weight is 496 g/mol. The molecule has 0 atom stereocenters. The molecule has 0 aromatic heterocycles.